The van der Waals surface area contributed by atoms with E-state index in [-0.39, 0.29) is 0 Å². The topological polar surface area (TPSA) is 30.8 Å². The van der Waals surface area contributed by atoms with Crippen LogP contribution in [0, 0.1) is 0 Å². The molecular formula is C21H24GeNO2. The molecule has 0 fully saturated rings. The van der Waals surface area contributed by atoms with Crippen LogP contribution in [0.3, 0.4) is 0 Å². The number of nitrogens with zero attached hydrogens (tertiary/aromatic N) is 1. The van der Waals surface area contributed by atoms with Crippen LogP contribution in [0.2, 0.25) is 0 Å². The van der Waals surface area contributed by atoms with E-state index in [1.807, 2.05) is 6.07 Å². The second-order valence-electron chi connectivity index (χ2n) is 7.01. The van der Waals surface area contributed by atoms with Crippen LogP contribution in [0.5, 0.6) is 11.5 Å². The van der Waals surface area contributed by atoms with Crippen molar-refractivity contribution in [1.82, 2.24) is 0 Å². The molecule has 0 spiro atoms. The van der Waals surface area contributed by atoms with Gasteiger partial charge in [-0.05, 0) is 0 Å². The molecule has 3 rings (SSSR count). The van der Waals surface area contributed by atoms with Crippen molar-refractivity contribution in [2.75, 3.05) is 6.79 Å². The number of fused-ring (bicyclic) bond motifs is 1. The van der Waals surface area contributed by atoms with Crippen LogP contribution in [0.4, 0.5) is 5.69 Å². The first-order valence-electron chi connectivity index (χ1n) is 8.72. The number of hydrogen-bond donors (Lipinski definition) is 0. The molecule has 1 heterocycles. The van der Waals surface area contributed by atoms with Gasteiger partial charge >= 0.3 is 159 Å². The summed E-state index contributed by atoms with van der Waals surface area (Å²) >= 11 is 2.07. The van der Waals surface area contributed by atoms with Crippen molar-refractivity contribution < 1.29 is 9.47 Å². The van der Waals surface area contributed by atoms with Crippen molar-refractivity contribution in [1.29, 1.82) is 0 Å². The van der Waals surface area contributed by atoms with E-state index in [1.165, 1.54) is 11.1 Å². The average Bonchev–Trinajstić information content (AvgIpc) is 3.04. The molecule has 3 nitrogen and oxygen atoms in total. The van der Waals surface area contributed by atoms with Gasteiger partial charge in [-0.15, -0.1) is 0 Å². The predicted octanol–water partition coefficient (Wildman–Crippen LogP) is 4.60. The van der Waals surface area contributed by atoms with Crippen LogP contribution in [0.15, 0.2) is 35.3 Å². The third-order valence-corrected chi connectivity index (χ3v) is 5.59. The SMILES string of the molecule is CC(=Nc1c(C(C)C)cccc1C(C)C)c1ccc2c([c]1[Ge])OCO2. The minimum absolute atomic E-state index is 0.295. The van der Waals surface area contributed by atoms with E-state index >= 15 is 0 Å². The Morgan fingerprint density at radius 2 is 1.64 bits per heavy atom. The van der Waals surface area contributed by atoms with Gasteiger partial charge in [0.15, 0.2) is 0 Å². The number of ether oxygens (including phenoxy) is 2. The average molecular weight is 395 g/mol. The van der Waals surface area contributed by atoms with Crippen molar-refractivity contribution >= 4 is 32.3 Å². The van der Waals surface area contributed by atoms with E-state index in [1.54, 1.807) is 0 Å². The van der Waals surface area contributed by atoms with Crippen molar-refractivity contribution in [2.45, 2.75) is 46.5 Å². The monoisotopic (exact) mass is 396 g/mol. The third kappa shape index (κ3) is 3.47. The first-order valence-corrected chi connectivity index (χ1v) is 9.77. The van der Waals surface area contributed by atoms with Crippen molar-refractivity contribution in [3.63, 3.8) is 0 Å². The van der Waals surface area contributed by atoms with E-state index in [2.05, 4.69) is 75.4 Å². The van der Waals surface area contributed by atoms with Gasteiger partial charge in [0, 0.05) is 0 Å². The standard InChI is InChI=1S/C21H24GeNO2/c1-12(2)15-7-6-8-16(13(3)4)20(15)23-14(5)17-9-10-18-21(19(17)22)25-11-24-18/h6-10,12-13H,11H2,1-5H3. The molecule has 0 aromatic heterocycles. The maximum absolute atomic E-state index is 5.62. The zero-order chi connectivity index (χ0) is 18.1. The van der Waals surface area contributed by atoms with E-state index in [0.29, 0.717) is 18.6 Å². The summed E-state index contributed by atoms with van der Waals surface area (Å²) in [4.78, 5) is 5.08. The van der Waals surface area contributed by atoms with E-state index in [0.717, 1.165) is 32.9 Å². The fourth-order valence-electron chi connectivity index (χ4n) is 3.14. The zero-order valence-corrected chi connectivity index (χ0v) is 17.6. The van der Waals surface area contributed by atoms with Crippen LogP contribution in [0.1, 0.15) is 63.1 Å². The summed E-state index contributed by atoms with van der Waals surface area (Å²) in [6.07, 6.45) is 0. The Bertz CT molecular complexity index is 799. The van der Waals surface area contributed by atoms with Crippen LogP contribution < -0.4 is 13.9 Å². The molecule has 0 bridgehead atoms. The molecule has 25 heavy (non-hydrogen) atoms. The van der Waals surface area contributed by atoms with Crippen molar-refractivity contribution in [3.05, 3.63) is 47.0 Å². The predicted molar refractivity (Wildman–Crippen MR) is 104 cm³/mol. The number of hydrogen-bond acceptors (Lipinski definition) is 3. The van der Waals surface area contributed by atoms with Gasteiger partial charge in [-0.2, -0.15) is 0 Å². The summed E-state index contributed by atoms with van der Waals surface area (Å²) in [7, 11) is 0. The molecule has 0 atom stereocenters. The Balaban J connectivity index is 2.12. The van der Waals surface area contributed by atoms with Gasteiger partial charge in [0.2, 0.25) is 0 Å². The Morgan fingerprint density at radius 1 is 1.00 bits per heavy atom. The molecular weight excluding hydrogens is 371 g/mol. The molecule has 2 aromatic rings. The number of aliphatic imine (C=N–C) groups is 1. The van der Waals surface area contributed by atoms with Gasteiger partial charge in [0.1, 0.15) is 0 Å². The second-order valence-corrected chi connectivity index (χ2v) is 8.06. The molecule has 1 aliphatic heterocycles. The van der Waals surface area contributed by atoms with Gasteiger partial charge in [-0.1, -0.05) is 0 Å². The molecule has 3 radical (unpaired) electrons. The van der Waals surface area contributed by atoms with Crippen molar-refractivity contribution in [3.8, 4) is 11.5 Å². The Labute approximate surface area is 158 Å². The molecule has 0 N–H and O–H groups in total. The molecule has 4 heteroatoms. The minimum atomic E-state index is 0.295. The Kier molecular flexibility index (Phi) is 5.23. The fourth-order valence-corrected chi connectivity index (χ4v) is 4.11. The molecule has 0 amide bonds. The first kappa shape index (κ1) is 18.1. The fraction of sp³-hybridized carbons (Fsp3) is 0.381. The second kappa shape index (κ2) is 7.24. The molecule has 2 aromatic carbocycles. The molecule has 0 unspecified atom stereocenters. The van der Waals surface area contributed by atoms with Gasteiger partial charge in [-0.25, -0.2) is 0 Å². The van der Waals surface area contributed by atoms with E-state index in [4.69, 9.17) is 14.5 Å². The summed E-state index contributed by atoms with van der Waals surface area (Å²) in [6, 6.07) is 10.6. The first-order chi connectivity index (χ1) is 11.9. The van der Waals surface area contributed by atoms with Gasteiger partial charge in [0.25, 0.3) is 0 Å². The van der Waals surface area contributed by atoms with E-state index < -0.39 is 0 Å². The van der Waals surface area contributed by atoms with Gasteiger partial charge in [-0.3, -0.25) is 0 Å². The van der Waals surface area contributed by atoms with Crippen molar-refractivity contribution in [2.24, 2.45) is 4.99 Å². The van der Waals surface area contributed by atoms with E-state index in [9.17, 15) is 0 Å². The van der Waals surface area contributed by atoms with Crippen LogP contribution in [0.25, 0.3) is 0 Å². The van der Waals surface area contributed by atoms with Gasteiger partial charge < -0.3 is 0 Å². The molecule has 0 saturated heterocycles. The molecule has 0 aliphatic carbocycles. The van der Waals surface area contributed by atoms with Gasteiger partial charge in [0.05, 0.1) is 0 Å². The summed E-state index contributed by atoms with van der Waals surface area (Å²) < 4.78 is 12.2. The summed E-state index contributed by atoms with van der Waals surface area (Å²) in [6.45, 7) is 11.3. The Hall–Kier alpha value is -1.75. The quantitative estimate of drug-likeness (QED) is 0.560. The normalized spacial score (nSPS) is 13.8. The number of benzene rings is 2. The molecule has 1 aliphatic rings. The number of para-hydroxylation sites is 1. The van der Waals surface area contributed by atoms with Crippen LogP contribution >= 0.6 is 0 Å². The maximum atomic E-state index is 5.62. The summed E-state index contributed by atoms with van der Waals surface area (Å²) in [5.41, 5.74) is 5.82. The van der Waals surface area contributed by atoms with Crippen LogP contribution in [-0.4, -0.2) is 29.0 Å². The number of rotatable bonds is 4. The van der Waals surface area contributed by atoms with Crippen LogP contribution in [-0.2, 0) is 0 Å². The zero-order valence-electron chi connectivity index (χ0n) is 15.5. The molecule has 129 valence electrons. The summed E-state index contributed by atoms with van der Waals surface area (Å²) in [5.74, 6) is 2.53. The molecule has 0 saturated carbocycles. The third-order valence-electron chi connectivity index (χ3n) is 4.55. The summed E-state index contributed by atoms with van der Waals surface area (Å²) in [5, 5.41) is 0. The Morgan fingerprint density at radius 3 is 2.24 bits per heavy atom.